The van der Waals surface area contributed by atoms with E-state index in [1.165, 1.54) is 12.8 Å². The largest absolute Gasteiger partial charge is 0.495 e. The van der Waals surface area contributed by atoms with Gasteiger partial charge in [-0.3, -0.25) is 0 Å². The normalized spacial score (nSPS) is 30.2. The number of aliphatic hydroxyl groups excluding tert-OH is 1. The molecule has 4 nitrogen and oxygen atoms in total. The maximum Gasteiger partial charge on any atom is 0.333 e. The molecule has 4 heteroatoms. The van der Waals surface area contributed by atoms with Crippen molar-refractivity contribution < 1.29 is 19.4 Å². The molecule has 1 aliphatic heterocycles. The Bertz CT molecular complexity index is 440. The Morgan fingerprint density at radius 3 is 2.91 bits per heavy atom. The van der Waals surface area contributed by atoms with Gasteiger partial charge in [0.25, 0.3) is 0 Å². The number of rotatable bonds is 7. The van der Waals surface area contributed by atoms with Gasteiger partial charge in [-0.15, -0.1) is 0 Å². The molecule has 1 heterocycles. The summed E-state index contributed by atoms with van der Waals surface area (Å²) in [7, 11) is 0. The van der Waals surface area contributed by atoms with Crippen LogP contribution in [0.5, 0.6) is 0 Å². The van der Waals surface area contributed by atoms with Crippen LogP contribution < -0.4 is 0 Å². The third-order valence-electron chi connectivity index (χ3n) is 4.71. The molecule has 0 amide bonds. The summed E-state index contributed by atoms with van der Waals surface area (Å²) in [6.07, 6.45) is 7.46. The van der Waals surface area contributed by atoms with Crippen LogP contribution >= 0.6 is 0 Å². The topological polar surface area (TPSA) is 55.8 Å². The molecule has 0 aromatic carbocycles. The van der Waals surface area contributed by atoms with Crippen LogP contribution in [0.3, 0.4) is 0 Å². The van der Waals surface area contributed by atoms with Crippen LogP contribution in [0.4, 0.5) is 0 Å². The standard InChI is InChI=1S/C18H28O4/c1-4-6-7-8-13-9-10-14-16(22-13)11-15(19)17(14)12(3)18(20)21-5-2/h9,14-17,19H,3-8,10-11H2,1-2H3. The first-order valence-corrected chi connectivity index (χ1v) is 8.48. The van der Waals surface area contributed by atoms with Gasteiger partial charge in [-0.25, -0.2) is 4.79 Å². The van der Waals surface area contributed by atoms with Crippen LogP contribution in [-0.2, 0) is 14.3 Å². The number of hydrogen-bond donors (Lipinski definition) is 1. The van der Waals surface area contributed by atoms with Gasteiger partial charge < -0.3 is 14.6 Å². The van der Waals surface area contributed by atoms with Gasteiger partial charge in [0.05, 0.1) is 18.5 Å². The van der Waals surface area contributed by atoms with Gasteiger partial charge in [-0.2, -0.15) is 0 Å². The fourth-order valence-corrected chi connectivity index (χ4v) is 3.58. The molecule has 4 unspecified atom stereocenters. The molecule has 0 radical (unpaired) electrons. The summed E-state index contributed by atoms with van der Waals surface area (Å²) in [6.45, 7) is 8.15. The molecule has 4 atom stereocenters. The summed E-state index contributed by atoms with van der Waals surface area (Å²) >= 11 is 0. The van der Waals surface area contributed by atoms with Crippen LogP contribution in [0.2, 0.25) is 0 Å². The maximum atomic E-state index is 11.9. The Kier molecular flexibility index (Phi) is 6.07. The smallest absolute Gasteiger partial charge is 0.333 e. The highest BCUT2D eigenvalue weighted by Crippen LogP contribution is 2.44. The number of carbonyl (C=O) groups excluding carboxylic acids is 1. The van der Waals surface area contributed by atoms with Crippen molar-refractivity contribution >= 4 is 5.97 Å². The van der Waals surface area contributed by atoms with E-state index < -0.39 is 12.1 Å². The van der Waals surface area contributed by atoms with Crippen LogP contribution in [0.15, 0.2) is 24.0 Å². The first kappa shape index (κ1) is 17.1. The quantitative estimate of drug-likeness (QED) is 0.445. The summed E-state index contributed by atoms with van der Waals surface area (Å²) in [4.78, 5) is 11.9. The van der Waals surface area contributed by atoms with E-state index in [-0.39, 0.29) is 17.9 Å². The molecule has 0 bridgehead atoms. The molecule has 1 N–H and O–H groups in total. The lowest BCUT2D eigenvalue weighted by Crippen LogP contribution is -2.30. The van der Waals surface area contributed by atoms with E-state index in [1.54, 1.807) is 6.92 Å². The third-order valence-corrected chi connectivity index (χ3v) is 4.71. The van der Waals surface area contributed by atoms with Crippen molar-refractivity contribution in [3.63, 3.8) is 0 Å². The van der Waals surface area contributed by atoms with Crippen LogP contribution in [0, 0.1) is 11.8 Å². The van der Waals surface area contributed by atoms with Crippen molar-refractivity contribution in [2.24, 2.45) is 11.8 Å². The Balaban J connectivity index is 1.99. The lowest BCUT2D eigenvalue weighted by molar-refractivity contribution is -0.139. The molecule has 22 heavy (non-hydrogen) atoms. The molecule has 1 fully saturated rings. The fourth-order valence-electron chi connectivity index (χ4n) is 3.58. The molecule has 124 valence electrons. The zero-order valence-corrected chi connectivity index (χ0v) is 13.7. The van der Waals surface area contributed by atoms with Gasteiger partial charge >= 0.3 is 5.97 Å². The van der Waals surface area contributed by atoms with E-state index in [4.69, 9.17) is 9.47 Å². The minimum Gasteiger partial charge on any atom is -0.495 e. The number of ether oxygens (including phenoxy) is 2. The van der Waals surface area contributed by atoms with Crippen molar-refractivity contribution in [2.75, 3.05) is 6.61 Å². The number of esters is 1. The van der Waals surface area contributed by atoms with Gasteiger partial charge in [0.1, 0.15) is 6.10 Å². The molecule has 2 aliphatic rings. The van der Waals surface area contributed by atoms with Crippen molar-refractivity contribution in [1.29, 1.82) is 0 Å². The third kappa shape index (κ3) is 3.72. The van der Waals surface area contributed by atoms with E-state index in [2.05, 4.69) is 19.6 Å². The van der Waals surface area contributed by atoms with Gasteiger partial charge in [0, 0.05) is 30.3 Å². The van der Waals surface area contributed by atoms with Crippen LogP contribution in [0.1, 0.15) is 52.4 Å². The zero-order valence-electron chi connectivity index (χ0n) is 13.7. The molecule has 0 aromatic heterocycles. The Hall–Kier alpha value is -1.29. The molecular formula is C18H28O4. The molecule has 0 saturated heterocycles. The van der Waals surface area contributed by atoms with Crippen molar-refractivity contribution in [1.82, 2.24) is 0 Å². The predicted octanol–water partition coefficient (Wildman–Crippen LogP) is 3.36. The minimum absolute atomic E-state index is 0.00666. The van der Waals surface area contributed by atoms with Gasteiger partial charge in [-0.05, 0) is 25.8 Å². The Morgan fingerprint density at radius 1 is 1.45 bits per heavy atom. The SMILES string of the molecule is C=C(C(=O)OCC)C1C(O)CC2OC(CCCCC)=CCC21. The molecule has 1 aliphatic carbocycles. The zero-order chi connectivity index (χ0) is 16.1. The molecular weight excluding hydrogens is 280 g/mol. The lowest BCUT2D eigenvalue weighted by atomic mass is 9.84. The van der Waals surface area contributed by atoms with E-state index in [0.717, 1.165) is 25.0 Å². The Labute approximate surface area is 133 Å². The molecule has 0 spiro atoms. The van der Waals surface area contributed by atoms with Crippen LogP contribution in [-0.4, -0.2) is 29.9 Å². The lowest BCUT2D eigenvalue weighted by Gasteiger charge is -2.30. The number of allylic oxidation sites excluding steroid dienone is 2. The summed E-state index contributed by atoms with van der Waals surface area (Å²) in [5, 5.41) is 10.3. The van der Waals surface area contributed by atoms with Crippen molar-refractivity contribution in [3.05, 3.63) is 24.0 Å². The molecule has 1 saturated carbocycles. The maximum absolute atomic E-state index is 11.9. The van der Waals surface area contributed by atoms with Gasteiger partial charge in [0.2, 0.25) is 0 Å². The van der Waals surface area contributed by atoms with E-state index in [0.29, 0.717) is 18.6 Å². The van der Waals surface area contributed by atoms with Gasteiger partial charge in [0.15, 0.2) is 0 Å². The van der Waals surface area contributed by atoms with E-state index >= 15 is 0 Å². The summed E-state index contributed by atoms with van der Waals surface area (Å²) in [6, 6.07) is 0. The molecule has 2 rings (SSSR count). The first-order valence-electron chi connectivity index (χ1n) is 8.48. The summed E-state index contributed by atoms with van der Waals surface area (Å²) in [5.74, 6) is 0.522. The monoisotopic (exact) mass is 308 g/mol. The van der Waals surface area contributed by atoms with E-state index in [1.807, 2.05) is 0 Å². The Morgan fingerprint density at radius 2 is 2.23 bits per heavy atom. The highest BCUT2D eigenvalue weighted by Gasteiger charge is 2.47. The molecule has 0 aromatic rings. The number of fused-ring (bicyclic) bond motifs is 1. The summed E-state index contributed by atoms with van der Waals surface area (Å²) in [5.41, 5.74) is 0.383. The number of carbonyl (C=O) groups is 1. The second kappa shape index (κ2) is 7.82. The number of aliphatic hydroxyl groups is 1. The van der Waals surface area contributed by atoms with Crippen LogP contribution in [0.25, 0.3) is 0 Å². The number of hydrogen-bond acceptors (Lipinski definition) is 4. The first-order chi connectivity index (χ1) is 10.6. The fraction of sp³-hybridized carbons (Fsp3) is 0.722. The second-order valence-electron chi connectivity index (χ2n) is 6.26. The van der Waals surface area contributed by atoms with Crippen molar-refractivity contribution in [2.45, 2.75) is 64.6 Å². The minimum atomic E-state index is -0.574. The summed E-state index contributed by atoms with van der Waals surface area (Å²) < 4.78 is 11.1. The van der Waals surface area contributed by atoms with Gasteiger partial charge in [-0.1, -0.05) is 26.3 Å². The predicted molar refractivity (Wildman–Crippen MR) is 85.1 cm³/mol. The highest BCUT2D eigenvalue weighted by molar-refractivity contribution is 5.88. The average Bonchev–Trinajstić information content (AvgIpc) is 2.82. The average molecular weight is 308 g/mol. The van der Waals surface area contributed by atoms with E-state index in [9.17, 15) is 9.90 Å². The second-order valence-corrected chi connectivity index (χ2v) is 6.26. The van der Waals surface area contributed by atoms with Crippen molar-refractivity contribution in [3.8, 4) is 0 Å². The number of unbranched alkanes of at least 4 members (excludes halogenated alkanes) is 2. The highest BCUT2D eigenvalue weighted by atomic mass is 16.5.